The Labute approximate surface area is 168 Å². The molecule has 2 unspecified atom stereocenters. The first kappa shape index (κ1) is 23.5. The number of thioether (sulfide) groups is 1. The Balaban J connectivity index is 2.46. The molecule has 0 N–H and O–H groups in total. The molecule has 1 saturated heterocycles. The molecular formula is C17H29NO5S3. The van der Waals surface area contributed by atoms with Crippen LogP contribution in [0.2, 0.25) is 0 Å². The van der Waals surface area contributed by atoms with Gasteiger partial charge in [-0.05, 0) is 27.2 Å². The first-order chi connectivity index (χ1) is 12.2. The molecule has 1 aliphatic rings. The van der Waals surface area contributed by atoms with Crippen molar-refractivity contribution < 1.29 is 23.9 Å². The maximum atomic E-state index is 12.6. The monoisotopic (exact) mass is 423 g/mol. The first-order valence-corrected chi connectivity index (χ1v) is 12.3. The van der Waals surface area contributed by atoms with Gasteiger partial charge in [-0.15, -0.1) is 11.8 Å². The highest BCUT2D eigenvalue weighted by atomic mass is 33.1. The van der Waals surface area contributed by atoms with E-state index < -0.39 is 30.2 Å². The van der Waals surface area contributed by atoms with Crippen LogP contribution in [0.3, 0.4) is 0 Å². The molecule has 1 heterocycles. The lowest BCUT2D eigenvalue weighted by Gasteiger charge is -2.25. The van der Waals surface area contributed by atoms with Gasteiger partial charge in [-0.1, -0.05) is 35.4 Å². The highest BCUT2D eigenvalue weighted by Crippen LogP contribution is 2.28. The fourth-order valence-electron chi connectivity index (χ4n) is 1.96. The molecule has 0 radical (unpaired) electrons. The highest BCUT2D eigenvalue weighted by Gasteiger charge is 2.37. The summed E-state index contributed by atoms with van der Waals surface area (Å²) in [4.78, 5) is 38.2. The Kier molecular flexibility index (Phi) is 10.2. The van der Waals surface area contributed by atoms with E-state index in [-0.39, 0.29) is 11.8 Å². The fourth-order valence-corrected chi connectivity index (χ4v) is 5.59. The van der Waals surface area contributed by atoms with Gasteiger partial charge in [0.15, 0.2) is 0 Å². The molecule has 0 spiro atoms. The lowest BCUT2D eigenvalue weighted by molar-refractivity contribution is -0.176. The number of carbonyl (C=O) groups is 3. The van der Waals surface area contributed by atoms with E-state index >= 15 is 0 Å². The van der Waals surface area contributed by atoms with Crippen molar-refractivity contribution in [2.24, 2.45) is 11.3 Å². The topological polar surface area (TPSA) is 72.9 Å². The summed E-state index contributed by atoms with van der Waals surface area (Å²) in [6, 6.07) is -0.614. The van der Waals surface area contributed by atoms with Crippen LogP contribution in [0.5, 0.6) is 0 Å². The Bertz CT molecular complexity index is 495. The van der Waals surface area contributed by atoms with Crippen LogP contribution in [-0.2, 0) is 23.9 Å². The van der Waals surface area contributed by atoms with Gasteiger partial charge in [0.25, 0.3) is 0 Å². The van der Waals surface area contributed by atoms with E-state index in [1.165, 1.54) is 11.8 Å². The van der Waals surface area contributed by atoms with Crippen LogP contribution in [0.4, 0.5) is 0 Å². The number of rotatable bonds is 9. The number of nitrogens with zero attached hydrogens (tertiary/aromatic N) is 1. The van der Waals surface area contributed by atoms with E-state index in [0.717, 1.165) is 17.9 Å². The Hall–Kier alpha value is -0.540. The van der Waals surface area contributed by atoms with Gasteiger partial charge >= 0.3 is 11.9 Å². The summed E-state index contributed by atoms with van der Waals surface area (Å²) in [5.41, 5.74) is -0.652. The predicted octanol–water partition coefficient (Wildman–Crippen LogP) is 3.41. The molecule has 0 saturated carbocycles. The van der Waals surface area contributed by atoms with Crippen molar-refractivity contribution in [3.05, 3.63) is 0 Å². The molecule has 1 aliphatic heterocycles. The molecular weight excluding hydrogens is 394 g/mol. The van der Waals surface area contributed by atoms with E-state index in [4.69, 9.17) is 9.47 Å². The van der Waals surface area contributed by atoms with Crippen LogP contribution in [0, 0.1) is 11.3 Å². The van der Waals surface area contributed by atoms with Crippen molar-refractivity contribution in [2.45, 2.75) is 47.1 Å². The minimum atomic E-state index is -0.652. The molecule has 9 heteroatoms. The molecule has 0 aromatic heterocycles. The van der Waals surface area contributed by atoms with Crippen molar-refractivity contribution in [1.29, 1.82) is 0 Å². The third-order valence-electron chi connectivity index (χ3n) is 3.55. The molecule has 0 bridgehead atoms. The summed E-state index contributed by atoms with van der Waals surface area (Å²) < 4.78 is 10.0. The standard InChI is InChI=1S/C17H29NO5S3/c1-6-7-25-26-8-12(2)14(19)18-10-24-9-13(18)15(20)22-11-23-16(21)17(3,4)5/h12-13H,6-11H2,1-5H3. The highest BCUT2D eigenvalue weighted by molar-refractivity contribution is 8.76. The second-order valence-electron chi connectivity index (χ2n) is 7.09. The molecule has 0 aromatic carbocycles. The van der Waals surface area contributed by atoms with Gasteiger partial charge in [0.05, 0.1) is 11.3 Å². The predicted molar refractivity (Wildman–Crippen MR) is 109 cm³/mol. The fraction of sp³-hybridized carbons (Fsp3) is 0.824. The molecule has 1 fully saturated rings. The lowest BCUT2D eigenvalue weighted by atomic mass is 9.98. The molecule has 26 heavy (non-hydrogen) atoms. The Morgan fingerprint density at radius 2 is 1.92 bits per heavy atom. The Morgan fingerprint density at radius 1 is 1.23 bits per heavy atom. The van der Waals surface area contributed by atoms with Gasteiger partial charge in [-0.25, -0.2) is 4.79 Å². The summed E-state index contributed by atoms with van der Waals surface area (Å²) in [5, 5.41) is 0. The molecule has 2 atom stereocenters. The molecule has 0 aliphatic carbocycles. The number of esters is 2. The van der Waals surface area contributed by atoms with Crippen molar-refractivity contribution in [2.75, 3.05) is 29.9 Å². The summed E-state index contributed by atoms with van der Waals surface area (Å²) >= 11 is 1.52. The second kappa shape index (κ2) is 11.3. The summed E-state index contributed by atoms with van der Waals surface area (Å²) in [7, 11) is 3.46. The third-order valence-corrected chi connectivity index (χ3v) is 7.35. The van der Waals surface area contributed by atoms with E-state index in [1.54, 1.807) is 47.3 Å². The zero-order valence-corrected chi connectivity index (χ0v) is 18.6. The average molecular weight is 424 g/mol. The van der Waals surface area contributed by atoms with Crippen LogP contribution in [0.1, 0.15) is 41.0 Å². The number of carbonyl (C=O) groups excluding carboxylic acids is 3. The van der Waals surface area contributed by atoms with E-state index in [0.29, 0.717) is 11.6 Å². The van der Waals surface area contributed by atoms with Crippen molar-refractivity contribution >= 4 is 51.2 Å². The average Bonchev–Trinajstić information content (AvgIpc) is 3.06. The van der Waals surface area contributed by atoms with E-state index in [2.05, 4.69) is 6.92 Å². The molecule has 150 valence electrons. The molecule has 6 nitrogen and oxygen atoms in total. The number of amides is 1. The van der Waals surface area contributed by atoms with Crippen molar-refractivity contribution in [3.8, 4) is 0 Å². The number of ether oxygens (including phenoxy) is 2. The largest absolute Gasteiger partial charge is 0.427 e. The number of hydrogen-bond donors (Lipinski definition) is 0. The number of hydrogen-bond acceptors (Lipinski definition) is 8. The third kappa shape index (κ3) is 7.60. The summed E-state index contributed by atoms with van der Waals surface area (Å²) in [6.45, 7) is 8.77. The molecule has 0 aromatic rings. The SMILES string of the molecule is CCCSSCC(C)C(=O)N1CSCC1C(=O)OCOC(=O)C(C)(C)C. The Morgan fingerprint density at radius 3 is 2.54 bits per heavy atom. The maximum Gasteiger partial charge on any atom is 0.332 e. The van der Waals surface area contributed by atoms with Gasteiger partial charge in [-0.2, -0.15) is 0 Å². The van der Waals surface area contributed by atoms with Gasteiger partial charge < -0.3 is 14.4 Å². The van der Waals surface area contributed by atoms with Gasteiger partial charge in [0.2, 0.25) is 12.7 Å². The van der Waals surface area contributed by atoms with Gasteiger partial charge in [-0.3, -0.25) is 9.59 Å². The first-order valence-electron chi connectivity index (χ1n) is 8.65. The minimum Gasteiger partial charge on any atom is -0.427 e. The quantitative estimate of drug-likeness (QED) is 0.242. The van der Waals surface area contributed by atoms with Crippen LogP contribution >= 0.6 is 33.3 Å². The van der Waals surface area contributed by atoms with E-state index in [9.17, 15) is 14.4 Å². The van der Waals surface area contributed by atoms with Crippen LogP contribution in [0.15, 0.2) is 0 Å². The van der Waals surface area contributed by atoms with Crippen molar-refractivity contribution in [3.63, 3.8) is 0 Å². The summed E-state index contributed by atoms with van der Waals surface area (Å²) in [5.74, 6) is 1.62. The minimum absolute atomic E-state index is 0.0340. The van der Waals surface area contributed by atoms with Gasteiger partial charge in [0.1, 0.15) is 6.04 Å². The molecule has 1 rings (SSSR count). The van der Waals surface area contributed by atoms with Crippen LogP contribution in [-0.4, -0.2) is 58.7 Å². The van der Waals surface area contributed by atoms with Crippen molar-refractivity contribution in [1.82, 2.24) is 4.90 Å². The second-order valence-corrected chi connectivity index (χ2v) is 10.7. The maximum absolute atomic E-state index is 12.6. The smallest absolute Gasteiger partial charge is 0.332 e. The zero-order valence-electron chi connectivity index (χ0n) is 16.1. The van der Waals surface area contributed by atoms with E-state index in [1.807, 2.05) is 6.92 Å². The van der Waals surface area contributed by atoms with Gasteiger partial charge in [0, 0.05) is 23.2 Å². The lowest BCUT2D eigenvalue weighted by Crippen LogP contribution is -2.45. The van der Waals surface area contributed by atoms with Crippen LogP contribution < -0.4 is 0 Å². The summed E-state index contributed by atoms with van der Waals surface area (Å²) in [6.07, 6.45) is 1.11. The zero-order chi connectivity index (χ0) is 19.7. The van der Waals surface area contributed by atoms with Crippen LogP contribution in [0.25, 0.3) is 0 Å². The molecule has 1 amide bonds. The normalized spacial score (nSPS) is 18.5.